The number of hydrogen-bond donors (Lipinski definition) is 1. The van der Waals surface area contributed by atoms with Crippen LogP contribution in [0.5, 0.6) is 0 Å². The van der Waals surface area contributed by atoms with Crippen LogP contribution in [0.25, 0.3) is 0 Å². The van der Waals surface area contributed by atoms with E-state index in [0.29, 0.717) is 0 Å². The smallest absolute Gasteiger partial charge is 0.200 e. The molecule has 3 atom stereocenters. The van der Waals surface area contributed by atoms with E-state index < -0.39 is 5.54 Å². The molecule has 98 valence electrons. The van der Waals surface area contributed by atoms with Crippen LogP contribution in [0.15, 0.2) is 0 Å². The maximum atomic E-state index is 11.3. The van der Waals surface area contributed by atoms with Crippen LogP contribution in [0.2, 0.25) is 0 Å². The van der Waals surface area contributed by atoms with Gasteiger partial charge in [0.05, 0.1) is 11.1 Å². The van der Waals surface area contributed by atoms with Gasteiger partial charge in [-0.3, -0.25) is 5.32 Å². The SMILES string of the molecule is CC(C)(C)OC1OC1NC1(C=O)CCCSC1. The Balaban J connectivity index is 1.83. The Morgan fingerprint density at radius 3 is 2.82 bits per heavy atom. The van der Waals surface area contributed by atoms with Gasteiger partial charge in [0, 0.05) is 5.75 Å². The van der Waals surface area contributed by atoms with Crippen molar-refractivity contribution in [2.45, 2.75) is 57.3 Å². The van der Waals surface area contributed by atoms with Gasteiger partial charge in [-0.1, -0.05) is 0 Å². The van der Waals surface area contributed by atoms with Crippen molar-refractivity contribution in [1.29, 1.82) is 0 Å². The average Bonchev–Trinajstić information content (AvgIpc) is 2.94. The lowest BCUT2D eigenvalue weighted by Gasteiger charge is -2.32. The van der Waals surface area contributed by atoms with E-state index >= 15 is 0 Å². The first kappa shape index (κ1) is 13.3. The summed E-state index contributed by atoms with van der Waals surface area (Å²) in [6, 6.07) is 0. The van der Waals surface area contributed by atoms with E-state index in [1.165, 1.54) is 0 Å². The number of hydrogen-bond acceptors (Lipinski definition) is 5. The summed E-state index contributed by atoms with van der Waals surface area (Å²) in [5.41, 5.74) is -0.625. The number of rotatable bonds is 4. The number of thioether (sulfide) groups is 1. The molecule has 2 aliphatic rings. The molecule has 2 saturated heterocycles. The molecule has 3 unspecified atom stereocenters. The fourth-order valence-electron chi connectivity index (χ4n) is 1.98. The van der Waals surface area contributed by atoms with E-state index in [-0.39, 0.29) is 18.1 Å². The van der Waals surface area contributed by atoms with Crippen LogP contribution < -0.4 is 5.32 Å². The summed E-state index contributed by atoms with van der Waals surface area (Å²) in [5, 5.41) is 3.29. The van der Waals surface area contributed by atoms with Crippen LogP contribution in [0.1, 0.15) is 33.6 Å². The molecule has 0 bridgehead atoms. The molecule has 2 fully saturated rings. The lowest BCUT2D eigenvalue weighted by atomic mass is 9.97. The van der Waals surface area contributed by atoms with Crippen molar-refractivity contribution in [3.63, 3.8) is 0 Å². The van der Waals surface area contributed by atoms with Gasteiger partial charge in [-0.15, -0.1) is 0 Å². The zero-order chi connectivity index (χ0) is 12.5. The normalized spacial score (nSPS) is 37.8. The summed E-state index contributed by atoms with van der Waals surface area (Å²) < 4.78 is 11.1. The molecule has 0 aromatic carbocycles. The standard InChI is InChI=1S/C12H21NO3S/c1-11(2,3)16-10-9(15-10)13-12(7-14)5-4-6-17-8-12/h7,9-10,13H,4-6,8H2,1-3H3. The third kappa shape index (κ3) is 3.68. The molecule has 0 spiro atoms. The maximum Gasteiger partial charge on any atom is 0.200 e. The fourth-order valence-corrected chi connectivity index (χ4v) is 3.13. The van der Waals surface area contributed by atoms with Crippen molar-refractivity contribution in [3.05, 3.63) is 0 Å². The zero-order valence-corrected chi connectivity index (χ0v) is 11.5. The number of nitrogens with one attached hydrogen (secondary N) is 1. The highest BCUT2D eigenvalue weighted by atomic mass is 32.2. The van der Waals surface area contributed by atoms with Gasteiger partial charge in [0.2, 0.25) is 0 Å². The van der Waals surface area contributed by atoms with Crippen molar-refractivity contribution in [2.24, 2.45) is 0 Å². The van der Waals surface area contributed by atoms with Crippen LogP contribution in [0.4, 0.5) is 0 Å². The second-order valence-electron chi connectivity index (χ2n) is 5.73. The Kier molecular flexibility index (Phi) is 3.83. The Labute approximate surface area is 107 Å². The molecule has 2 aliphatic heterocycles. The molecule has 0 saturated carbocycles. The van der Waals surface area contributed by atoms with Gasteiger partial charge in [0.1, 0.15) is 6.29 Å². The van der Waals surface area contributed by atoms with E-state index in [2.05, 4.69) is 5.32 Å². The molecule has 1 N–H and O–H groups in total. The van der Waals surface area contributed by atoms with E-state index in [0.717, 1.165) is 30.6 Å². The Morgan fingerprint density at radius 1 is 1.53 bits per heavy atom. The highest BCUT2D eigenvalue weighted by Crippen LogP contribution is 2.32. The van der Waals surface area contributed by atoms with Crippen molar-refractivity contribution in [1.82, 2.24) is 5.32 Å². The van der Waals surface area contributed by atoms with Crippen molar-refractivity contribution in [2.75, 3.05) is 11.5 Å². The van der Waals surface area contributed by atoms with Crippen molar-refractivity contribution < 1.29 is 14.3 Å². The fraction of sp³-hybridized carbons (Fsp3) is 0.917. The number of carbonyl (C=O) groups is 1. The van der Waals surface area contributed by atoms with Crippen molar-refractivity contribution in [3.8, 4) is 0 Å². The molecule has 0 amide bonds. The first-order valence-corrected chi connectivity index (χ1v) is 7.25. The van der Waals surface area contributed by atoms with Gasteiger partial charge in [0.25, 0.3) is 0 Å². The highest BCUT2D eigenvalue weighted by Gasteiger charge is 2.48. The van der Waals surface area contributed by atoms with Crippen LogP contribution in [0.3, 0.4) is 0 Å². The quantitative estimate of drug-likeness (QED) is 0.613. The van der Waals surface area contributed by atoms with E-state index in [9.17, 15) is 4.79 Å². The predicted molar refractivity (Wildman–Crippen MR) is 68.0 cm³/mol. The molecule has 17 heavy (non-hydrogen) atoms. The molecular weight excluding hydrogens is 238 g/mol. The van der Waals surface area contributed by atoms with Gasteiger partial charge in [-0.25, -0.2) is 0 Å². The molecule has 0 radical (unpaired) electrons. The largest absolute Gasteiger partial charge is 0.343 e. The minimum Gasteiger partial charge on any atom is -0.343 e. The Hall–Kier alpha value is -0.100. The number of epoxide rings is 1. The van der Waals surface area contributed by atoms with E-state index in [1.807, 2.05) is 32.5 Å². The summed E-state index contributed by atoms with van der Waals surface area (Å²) in [6.45, 7) is 5.99. The molecule has 0 aromatic rings. The van der Waals surface area contributed by atoms with Crippen LogP contribution in [0, 0.1) is 0 Å². The third-order valence-electron chi connectivity index (χ3n) is 2.85. The summed E-state index contributed by atoms with van der Waals surface area (Å²) >= 11 is 1.82. The maximum absolute atomic E-state index is 11.3. The Morgan fingerprint density at radius 2 is 2.29 bits per heavy atom. The monoisotopic (exact) mass is 259 g/mol. The first-order valence-electron chi connectivity index (χ1n) is 6.09. The summed E-state index contributed by atoms with van der Waals surface area (Å²) in [5.74, 6) is 1.98. The zero-order valence-electron chi connectivity index (χ0n) is 10.7. The van der Waals surface area contributed by atoms with Crippen LogP contribution >= 0.6 is 11.8 Å². The molecule has 2 heterocycles. The molecule has 2 rings (SSSR count). The first-order chi connectivity index (χ1) is 7.94. The second kappa shape index (κ2) is 4.88. The summed E-state index contributed by atoms with van der Waals surface area (Å²) in [6.07, 6.45) is 2.67. The van der Waals surface area contributed by atoms with Crippen LogP contribution in [-0.2, 0) is 14.3 Å². The molecule has 0 aromatic heterocycles. The summed E-state index contributed by atoms with van der Waals surface area (Å²) in [4.78, 5) is 11.3. The van der Waals surface area contributed by atoms with Gasteiger partial charge in [0.15, 0.2) is 12.5 Å². The Bertz CT molecular complexity index is 284. The lowest BCUT2D eigenvalue weighted by molar-refractivity contribution is -0.113. The molecule has 5 heteroatoms. The highest BCUT2D eigenvalue weighted by molar-refractivity contribution is 7.99. The minimum atomic E-state index is -0.413. The number of ether oxygens (including phenoxy) is 2. The van der Waals surface area contributed by atoms with Gasteiger partial charge < -0.3 is 14.3 Å². The summed E-state index contributed by atoms with van der Waals surface area (Å²) in [7, 11) is 0. The topological polar surface area (TPSA) is 50.9 Å². The molecule has 0 aliphatic carbocycles. The molecule has 4 nitrogen and oxygen atoms in total. The third-order valence-corrected chi connectivity index (χ3v) is 4.14. The van der Waals surface area contributed by atoms with Crippen LogP contribution in [-0.4, -0.2) is 41.4 Å². The van der Waals surface area contributed by atoms with E-state index in [4.69, 9.17) is 9.47 Å². The second-order valence-corrected chi connectivity index (χ2v) is 6.83. The van der Waals surface area contributed by atoms with Gasteiger partial charge in [-0.2, -0.15) is 11.8 Å². The molecular formula is C12H21NO3S. The van der Waals surface area contributed by atoms with Gasteiger partial charge >= 0.3 is 0 Å². The number of carbonyl (C=O) groups excluding carboxylic acids is 1. The lowest BCUT2D eigenvalue weighted by Crippen LogP contribution is -2.52. The average molecular weight is 259 g/mol. The van der Waals surface area contributed by atoms with Crippen molar-refractivity contribution >= 4 is 18.0 Å². The van der Waals surface area contributed by atoms with E-state index in [1.54, 1.807) is 0 Å². The predicted octanol–water partition coefficient (Wildman–Crippen LogP) is 1.54. The number of aldehydes is 1. The minimum absolute atomic E-state index is 0.127. The van der Waals surface area contributed by atoms with Gasteiger partial charge in [-0.05, 0) is 39.4 Å².